The third-order valence-electron chi connectivity index (χ3n) is 6.85. The summed E-state index contributed by atoms with van der Waals surface area (Å²) >= 11 is -4.43. The van der Waals surface area contributed by atoms with Gasteiger partial charge in [-0.15, -0.1) is 0 Å². The molecule has 171 valence electrons. The van der Waals surface area contributed by atoms with E-state index in [0.717, 1.165) is 11.3 Å². The van der Waals surface area contributed by atoms with Crippen LogP contribution in [-0.4, -0.2) is 27.5 Å². The molecule has 2 nitrogen and oxygen atoms in total. The van der Waals surface area contributed by atoms with Crippen molar-refractivity contribution in [2.75, 3.05) is 13.2 Å². The van der Waals surface area contributed by atoms with Gasteiger partial charge in [0.15, 0.2) is 0 Å². The van der Waals surface area contributed by atoms with Crippen molar-refractivity contribution in [1.82, 2.24) is 0 Å². The molecule has 0 fully saturated rings. The van der Waals surface area contributed by atoms with Gasteiger partial charge in [-0.1, -0.05) is 0 Å². The van der Waals surface area contributed by atoms with Crippen molar-refractivity contribution < 1.29 is 24.7 Å². The summed E-state index contributed by atoms with van der Waals surface area (Å²) in [5.41, 5.74) is 4.93. The summed E-state index contributed by atoms with van der Waals surface area (Å²) in [5, 5.41) is 0. The normalized spacial score (nSPS) is 21.1. The van der Waals surface area contributed by atoms with E-state index in [0.29, 0.717) is 13.2 Å². The van der Waals surface area contributed by atoms with Crippen LogP contribution >= 0.6 is 17.0 Å². The van der Waals surface area contributed by atoms with Crippen LogP contribution < -0.4 is 0 Å². The fourth-order valence-corrected chi connectivity index (χ4v) is 32.9. The summed E-state index contributed by atoms with van der Waals surface area (Å²) in [4.78, 5) is 0. The molecule has 2 aliphatic carbocycles. The second-order valence-electron chi connectivity index (χ2n) is 10.3. The Kier molecular flexibility index (Phi) is 6.93. The van der Waals surface area contributed by atoms with E-state index < -0.39 is 29.8 Å². The molecule has 7 heteroatoms. The molecule has 2 aromatic carbocycles. The first-order valence-corrected chi connectivity index (χ1v) is 31.2. The number of halogens is 2. The van der Waals surface area contributed by atoms with Gasteiger partial charge < -0.3 is 0 Å². The zero-order valence-corrected chi connectivity index (χ0v) is 25.7. The number of allylic oxidation sites excluding steroid dienone is 2. The molecule has 0 saturated carbocycles. The molecule has 0 saturated heterocycles. The molecule has 0 spiro atoms. The summed E-state index contributed by atoms with van der Waals surface area (Å²) in [6.07, 6.45) is 6.76. The van der Waals surface area contributed by atoms with Gasteiger partial charge in [-0.05, 0) is 0 Å². The molecule has 2 aliphatic rings. The quantitative estimate of drug-likeness (QED) is 0.234. The molecule has 32 heavy (non-hydrogen) atoms. The van der Waals surface area contributed by atoms with E-state index in [1.54, 1.807) is 0 Å². The Bertz CT molecular complexity index is 1080. The molecule has 0 amide bonds. The van der Waals surface area contributed by atoms with Crippen LogP contribution in [0.15, 0.2) is 60.7 Å². The maximum atomic E-state index is 7.95. The first kappa shape index (κ1) is 24.7. The zero-order chi connectivity index (χ0) is 23.2. The molecule has 2 aromatic rings. The molecule has 0 N–H and O–H groups in total. The van der Waals surface area contributed by atoms with Crippen LogP contribution in [0, 0.1) is 0 Å². The summed E-state index contributed by atoms with van der Waals surface area (Å²) in [7, 11) is 14.3. The van der Waals surface area contributed by atoms with Gasteiger partial charge in [0.25, 0.3) is 0 Å². The number of fused-ring (bicyclic) bond motifs is 2. The Morgan fingerprint density at radius 3 is 2.25 bits per heavy atom. The Hall–Kier alpha value is -0.423. The van der Waals surface area contributed by atoms with Crippen molar-refractivity contribution in [1.29, 1.82) is 0 Å². The SMILES string of the molecule is C[SiH](C)[Zr]([Cl])([Cl])([CH]1C=Cc2ccccc21)[CH]1C=C(OCCO[Si](C)(C)C)c2ccccc21. The van der Waals surface area contributed by atoms with Crippen molar-refractivity contribution in [3.8, 4) is 0 Å². The van der Waals surface area contributed by atoms with Crippen LogP contribution in [0.2, 0.25) is 32.7 Å². The Morgan fingerprint density at radius 1 is 0.906 bits per heavy atom. The topological polar surface area (TPSA) is 18.5 Å². The maximum absolute atomic E-state index is 7.95. The first-order valence-electron chi connectivity index (χ1n) is 11.4. The van der Waals surface area contributed by atoms with E-state index in [1.165, 1.54) is 16.7 Å². The fraction of sp³-hybridized carbons (Fsp3) is 0.360. The van der Waals surface area contributed by atoms with E-state index in [-0.39, 0.29) is 7.25 Å². The molecule has 2 unspecified atom stereocenters. The van der Waals surface area contributed by atoms with Gasteiger partial charge in [-0.2, -0.15) is 0 Å². The van der Waals surface area contributed by atoms with E-state index in [4.69, 9.17) is 26.2 Å². The molecule has 4 rings (SSSR count). The number of ether oxygens (including phenoxy) is 1. The van der Waals surface area contributed by atoms with Crippen LogP contribution in [0.4, 0.5) is 0 Å². The van der Waals surface area contributed by atoms with Gasteiger partial charge in [-0.25, -0.2) is 0 Å². The Balaban J connectivity index is 1.73. The second kappa shape index (κ2) is 8.98. The zero-order valence-electron chi connectivity index (χ0n) is 19.6. The molecule has 0 aliphatic heterocycles. The molecule has 2 atom stereocenters. The van der Waals surface area contributed by atoms with Gasteiger partial charge in [0.1, 0.15) is 0 Å². The third kappa shape index (κ3) is 4.34. The van der Waals surface area contributed by atoms with Crippen molar-refractivity contribution in [3.63, 3.8) is 0 Å². The number of hydrogen-bond acceptors (Lipinski definition) is 2. The molecular formula is C25H33Cl2O2Si2Zr. The van der Waals surface area contributed by atoms with Crippen molar-refractivity contribution in [2.45, 2.75) is 40.0 Å². The number of rotatable bonds is 8. The summed E-state index contributed by atoms with van der Waals surface area (Å²) in [6.45, 7) is 12.4. The number of hydrogen-bond donors (Lipinski definition) is 0. The molecule has 0 bridgehead atoms. The van der Waals surface area contributed by atoms with Crippen LogP contribution in [0.1, 0.15) is 29.5 Å². The molecule has 0 radical (unpaired) electrons. The average Bonchev–Trinajstić information content (AvgIpc) is 3.34. The minimum atomic E-state index is -4.43. The molecule has 0 heterocycles. The van der Waals surface area contributed by atoms with Crippen LogP contribution in [0.3, 0.4) is 0 Å². The van der Waals surface area contributed by atoms with Crippen LogP contribution in [0.5, 0.6) is 0 Å². The molecule has 0 aromatic heterocycles. The van der Waals surface area contributed by atoms with Crippen molar-refractivity contribution in [2.24, 2.45) is 0 Å². The van der Waals surface area contributed by atoms with Crippen LogP contribution in [-0.2, 0) is 24.7 Å². The van der Waals surface area contributed by atoms with E-state index in [1.807, 2.05) is 0 Å². The third-order valence-corrected chi connectivity index (χ3v) is 59.9. The monoisotopic (exact) mass is 581 g/mol. The van der Waals surface area contributed by atoms with Crippen molar-refractivity contribution in [3.05, 3.63) is 82.9 Å². The van der Waals surface area contributed by atoms with E-state index >= 15 is 0 Å². The van der Waals surface area contributed by atoms with E-state index in [9.17, 15) is 0 Å². The predicted molar refractivity (Wildman–Crippen MR) is 141 cm³/mol. The fourth-order valence-electron chi connectivity index (χ4n) is 5.05. The standard InChI is InChI=1S/C14H19O2Si.C9H7.C2H7Si.2ClH.Zr/c1-17(2,3)16-11-10-15-14-9-8-12-6-4-5-7-13(12)14;1-2-5-9-7-3-6-8(9)4-1;1-3-2;;;/h4-9H,10-11H2,1-3H3;1-7H;3H,1-2H3;2*1H;/q;;;;;+2/p-2. The number of benzene rings is 2. The summed E-state index contributed by atoms with van der Waals surface area (Å²) in [5.74, 6) is -0.539. The van der Waals surface area contributed by atoms with Crippen LogP contribution in [0.25, 0.3) is 11.8 Å². The second-order valence-corrected chi connectivity index (χ2v) is 57.5. The average molecular weight is 584 g/mol. The Morgan fingerprint density at radius 2 is 1.56 bits per heavy atom. The van der Waals surface area contributed by atoms with Gasteiger partial charge in [0.2, 0.25) is 0 Å². The van der Waals surface area contributed by atoms with Gasteiger partial charge >= 0.3 is 204 Å². The van der Waals surface area contributed by atoms with Crippen molar-refractivity contribution >= 4 is 43.1 Å². The van der Waals surface area contributed by atoms with E-state index in [2.05, 4.69) is 99.5 Å². The first-order chi connectivity index (χ1) is 15.0. The Labute approximate surface area is 202 Å². The summed E-state index contributed by atoms with van der Waals surface area (Å²) in [6, 6.07) is 17.1. The van der Waals surface area contributed by atoms with Gasteiger partial charge in [-0.3, -0.25) is 0 Å². The summed E-state index contributed by atoms with van der Waals surface area (Å²) < 4.78 is 12.5. The molecular weight excluding hydrogens is 551 g/mol. The predicted octanol–water partition coefficient (Wildman–Crippen LogP) is 7.70. The minimum absolute atomic E-state index is 0.0522. The van der Waals surface area contributed by atoms with Gasteiger partial charge in [0, 0.05) is 0 Å². The van der Waals surface area contributed by atoms with Gasteiger partial charge in [0.05, 0.1) is 0 Å².